The molecule has 1 heterocycles. The highest BCUT2D eigenvalue weighted by Gasteiger charge is 2.35. The first-order valence-corrected chi connectivity index (χ1v) is 5.51. The Hall–Kier alpha value is -0.980. The van der Waals surface area contributed by atoms with Gasteiger partial charge in [-0.15, -0.1) is 0 Å². The molecule has 0 aliphatic carbocycles. The van der Waals surface area contributed by atoms with Crippen LogP contribution >= 0.6 is 0 Å². The molecule has 0 unspecified atom stereocenters. The van der Waals surface area contributed by atoms with Gasteiger partial charge in [0.25, 0.3) is 0 Å². The van der Waals surface area contributed by atoms with Gasteiger partial charge in [0.15, 0.2) is 6.29 Å². The first-order chi connectivity index (χ1) is 8.22. The summed E-state index contributed by atoms with van der Waals surface area (Å²) in [5.41, 5.74) is 0.814. The van der Waals surface area contributed by atoms with E-state index in [-0.39, 0.29) is 6.61 Å². The van der Waals surface area contributed by atoms with Crippen LogP contribution in [-0.4, -0.2) is 46.8 Å². The summed E-state index contributed by atoms with van der Waals surface area (Å²) in [6, 6.07) is 9.26. The van der Waals surface area contributed by atoms with Gasteiger partial charge in [0, 0.05) is 5.56 Å². The molecule has 1 fully saturated rings. The normalized spacial score (nSPS) is 31.1. The van der Waals surface area contributed by atoms with E-state index in [1.165, 1.54) is 0 Å². The Morgan fingerprint density at radius 1 is 1.29 bits per heavy atom. The van der Waals surface area contributed by atoms with E-state index in [2.05, 4.69) is 0 Å². The van der Waals surface area contributed by atoms with Gasteiger partial charge in [-0.25, -0.2) is 0 Å². The Kier molecular flexibility index (Phi) is 4.09. The fourth-order valence-electron chi connectivity index (χ4n) is 1.79. The lowest BCUT2D eigenvalue weighted by Crippen LogP contribution is -2.48. The summed E-state index contributed by atoms with van der Waals surface area (Å²) in [4.78, 5) is 0. The van der Waals surface area contributed by atoms with Crippen LogP contribution in [-0.2, 0) is 9.47 Å². The van der Waals surface area contributed by atoms with E-state index >= 15 is 0 Å². The van der Waals surface area contributed by atoms with Crippen molar-refractivity contribution in [3.05, 3.63) is 35.9 Å². The Morgan fingerprint density at radius 3 is 2.65 bits per heavy atom. The first-order valence-electron chi connectivity index (χ1n) is 5.51. The van der Waals surface area contributed by atoms with Crippen molar-refractivity contribution in [3.63, 3.8) is 0 Å². The van der Waals surface area contributed by atoms with Crippen molar-refractivity contribution in [2.75, 3.05) is 13.2 Å². The van der Waals surface area contributed by atoms with Crippen molar-refractivity contribution in [1.29, 1.82) is 0 Å². The van der Waals surface area contributed by atoms with E-state index in [1.807, 2.05) is 30.3 Å². The molecule has 5 nitrogen and oxygen atoms in total. The second-order valence-corrected chi connectivity index (χ2v) is 3.99. The van der Waals surface area contributed by atoms with Crippen LogP contribution in [0.1, 0.15) is 11.9 Å². The molecule has 1 saturated heterocycles. The monoisotopic (exact) mass is 240 g/mol. The van der Waals surface area contributed by atoms with Gasteiger partial charge in [0.2, 0.25) is 0 Å². The summed E-state index contributed by atoms with van der Waals surface area (Å²) >= 11 is 0. The van der Waals surface area contributed by atoms with Crippen molar-refractivity contribution < 1.29 is 24.8 Å². The van der Waals surface area contributed by atoms with Gasteiger partial charge in [-0.05, 0) is 0 Å². The lowest BCUT2D eigenvalue weighted by atomic mass is 10.1. The molecule has 1 aliphatic heterocycles. The lowest BCUT2D eigenvalue weighted by Gasteiger charge is -2.36. The molecule has 0 bridgehead atoms. The van der Waals surface area contributed by atoms with Gasteiger partial charge >= 0.3 is 0 Å². The van der Waals surface area contributed by atoms with Crippen molar-refractivity contribution in [2.24, 2.45) is 0 Å². The maximum atomic E-state index is 9.61. The Morgan fingerprint density at radius 2 is 2.00 bits per heavy atom. The minimum atomic E-state index is -1.11. The summed E-state index contributed by atoms with van der Waals surface area (Å²) in [5, 5.41) is 28.0. The molecule has 0 spiro atoms. The highest BCUT2D eigenvalue weighted by atomic mass is 16.7. The van der Waals surface area contributed by atoms with Crippen LogP contribution in [0.3, 0.4) is 0 Å². The van der Waals surface area contributed by atoms with Crippen LogP contribution in [0, 0.1) is 0 Å². The molecule has 0 amide bonds. The second kappa shape index (κ2) is 5.57. The number of aliphatic hydroxyl groups excluding tert-OH is 3. The summed E-state index contributed by atoms with van der Waals surface area (Å²) in [5.74, 6) is 0. The van der Waals surface area contributed by atoms with Crippen LogP contribution in [0.2, 0.25) is 0 Å². The molecular formula is C12H16O5. The molecule has 94 valence electrons. The summed E-state index contributed by atoms with van der Waals surface area (Å²) < 4.78 is 10.8. The molecule has 1 aromatic rings. The van der Waals surface area contributed by atoms with E-state index in [4.69, 9.17) is 14.6 Å². The third-order valence-electron chi connectivity index (χ3n) is 2.72. The van der Waals surface area contributed by atoms with Crippen molar-refractivity contribution in [3.8, 4) is 0 Å². The number of ether oxygens (including phenoxy) is 2. The SMILES string of the molecule is OC[C@H](O)[C@@H]1O[C@@H](c2ccccc2)OC[C@H]1O. The van der Waals surface area contributed by atoms with Crippen LogP contribution in [0.5, 0.6) is 0 Å². The largest absolute Gasteiger partial charge is 0.394 e. The van der Waals surface area contributed by atoms with Gasteiger partial charge in [-0.1, -0.05) is 30.3 Å². The molecule has 0 radical (unpaired) electrons. The molecule has 0 saturated carbocycles. The molecule has 1 aromatic carbocycles. The number of aliphatic hydroxyl groups is 3. The molecule has 1 aliphatic rings. The maximum Gasteiger partial charge on any atom is 0.184 e. The molecular weight excluding hydrogens is 224 g/mol. The Labute approximate surface area is 99.2 Å². The van der Waals surface area contributed by atoms with Gasteiger partial charge in [-0.3, -0.25) is 0 Å². The zero-order chi connectivity index (χ0) is 12.3. The average molecular weight is 240 g/mol. The fourth-order valence-corrected chi connectivity index (χ4v) is 1.79. The van der Waals surface area contributed by atoms with Crippen LogP contribution in [0.25, 0.3) is 0 Å². The highest BCUT2D eigenvalue weighted by Crippen LogP contribution is 2.27. The molecule has 17 heavy (non-hydrogen) atoms. The van der Waals surface area contributed by atoms with E-state index < -0.39 is 31.2 Å². The second-order valence-electron chi connectivity index (χ2n) is 3.99. The van der Waals surface area contributed by atoms with E-state index in [0.29, 0.717) is 0 Å². The summed E-state index contributed by atoms with van der Waals surface area (Å²) in [6.07, 6.45) is -3.50. The Balaban J connectivity index is 2.08. The fraction of sp³-hybridized carbons (Fsp3) is 0.500. The van der Waals surface area contributed by atoms with Gasteiger partial charge in [-0.2, -0.15) is 0 Å². The van der Waals surface area contributed by atoms with Crippen molar-refractivity contribution >= 4 is 0 Å². The third-order valence-corrected chi connectivity index (χ3v) is 2.72. The number of rotatable bonds is 3. The molecule has 5 heteroatoms. The van der Waals surface area contributed by atoms with E-state index in [9.17, 15) is 10.2 Å². The minimum absolute atomic E-state index is 0.0707. The zero-order valence-corrected chi connectivity index (χ0v) is 9.27. The lowest BCUT2D eigenvalue weighted by molar-refractivity contribution is -0.277. The minimum Gasteiger partial charge on any atom is -0.394 e. The molecule has 3 N–H and O–H groups in total. The predicted molar refractivity (Wildman–Crippen MR) is 59.1 cm³/mol. The Bertz CT molecular complexity index is 338. The quantitative estimate of drug-likeness (QED) is 0.682. The predicted octanol–water partition coefficient (Wildman–Crippen LogP) is -0.185. The molecule has 0 aromatic heterocycles. The van der Waals surface area contributed by atoms with Gasteiger partial charge in [0.05, 0.1) is 13.2 Å². The standard InChI is InChI=1S/C12H16O5/c13-6-9(14)11-10(15)7-16-12(17-11)8-4-2-1-3-5-8/h1-5,9-15H,6-7H2/t9-,10+,11-,12-/m0/s1. The van der Waals surface area contributed by atoms with Crippen molar-refractivity contribution in [2.45, 2.75) is 24.6 Å². The van der Waals surface area contributed by atoms with E-state index in [1.54, 1.807) is 0 Å². The van der Waals surface area contributed by atoms with Gasteiger partial charge < -0.3 is 24.8 Å². The molecule has 2 rings (SSSR count). The summed E-state index contributed by atoms with van der Waals surface area (Å²) in [6.45, 7) is -0.384. The first kappa shape index (κ1) is 12.5. The molecule has 4 atom stereocenters. The van der Waals surface area contributed by atoms with E-state index in [0.717, 1.165) is 5.56 Å². The van der Waals surface area contributed by atoms with Crippen LogP contribution in [0.15, 0.2) is 30.3 Å². The maximum absolute atomic E-state index is 9.61. The van der Waals surface area contributed by atoms with Crippen LogP contribution < -0.4 is 0 Å². The van der Waals surface area contributed by atoms with Crippen LogP contribution in [0.4, 0.5) is 0 Å². The summed E-state index contributed by atoms with van der Waals surface area (Å²) in [7, 11) is 0. The van der Waals surface area contributed by atoms with Gasteiger partial charge in [0.1, 0.15) is 18.3 Å². The average Bonchev–Trinajstić information content (AvgIpc) is 2.39. The smallest absolute Gasteiger partial charge is 0.184 e. The number of benzene rings is 1. The number of hydrogen-bond acceptors (Lipinski definition) is 5. The zero-order valence-electron chi connectivity index (χ0n) is 9.27. The highest BCUT2D eigenvalue weighted by molar-refractivity contribution is 5.16. The number of hydrogen-bond donors (Lipinski definition) is 3. The topological polar surface area (TPSA) is 79.2 Å². The third kappa shape index (κ3) is 2.83. The van der Waals surface area contributed by atoms with Crippen molar-refractivity contribution in [1.82, 2.24) is 0 Å².